The first kappa shape index (κ1) is 16.2. The van der Waals surface area contributed by atoms with Gasteiger partial charge in [-0.05, 0) is 19.8 Å². The van der Waals surface area contributed by atoms with Gasteiger partial charge in [0.1, 0.15) is 18.6 Å². The van der Waals surface area contributed by atoms with E-state index in [-0.39, 0.29) is 24.1 Å². The predicted molar refractivity (Wildman–Crippen MR) is 84.3 cm³/mol. The molecule has 0 aliphatic carbocycles. The van der Waals surface area contributed by atoms with E-state index >= 15 is 0 Å². The second kappa shape index (κ2) is 7.24. The maximum absolute atomic E-state index is 12.3. The van der Waals surface area contributed by atoms with Crippen LogP contribution in [0.25, 0.3) is 0 Å². The molecule has 3 rings (SSSR count). The number of amides is 2. The van der Waals surface area contributed by atoms with Gasteiger partial charge in [0, 0.05) is 19.2 Å². The minimum atomic E-state index is -0.455. The SMILES string of the molecule is Cc1cc(C(=O)Nc2ncn(CC(=O)N3CCCCCC3)n2)no1. The molecule has 128 valence electrons. The van der Waals surface area contributed by atoms with Crippen molar-refractivity contribution in [1.82, 2.24) is 24.8 Å². The number of likely N-dealkylation sites (tertiary alicyclic amines) is 1. The number of carbonyl (C=O) groups is 2. The van der Waals surface area contributed by atoms with Gasteiger partial charge in [0.2, 0.25) is 11.9 Å². The smallest absolute Gasteiger partial charge is 0.280 e. The fraction of sp³-hybridized carbons (Fsp3) is 0.533. The molecule has 24 heavy (non-hydrogen) atoms. The van der Waals surface area contributed by atoms with E-state index in [0.717, 1.165) is 25.9 Å². The molecule has 0 saturated carbocycles. The molecule has 2 amide bonds. The number of hydrogen-bond donors (Lipinski definition) is 1. The molecule has 0 radical (unpaired) electrons. The van der Waals surface area contributed by atoms with Crippen LogP contribution in [0.1, 0.15) is 41.9 Å². The van der Waals surface area contributed by atoms with E-state index in [4.69, 9.17) is 4.52 Å². The monoisotopic (exact) mass is 332 g/mol. The maximum Gasteiger partial charge on any atom is 0.280 e. The Balaban J connectivity index is 1.56. The van der Waals surface area contributed by atoms with Crippen molar-refractivity contribution in [3.8, 4) is 0 Å². The zero-order valence-corrected chi connectivity index (χ0v) is 13.6. The van der Waals surface area contributed by atoms with E-state index in [2.05, 4.69) is 20.6 Å². The van der Waals surface area contributed by atoms with Gasteiger partial charge in [0.15, 0.2) is 5.69 Å². The van der Waals surface area contributed by atoms with Crippen LogP contribution in [0.3, 0.4) is 0 Å². The summed E-state index contributed by atoms with van der Waals surface area (Å²) >= 11 is 0. The van der Waals surface area contributed by atoms with Crippen molar-refractivity contribution < 1.29 is 14.1 Å². The molecule has 0 unspecified atom stereocenters. The van der Waals surface area contributed by atoms with E-state index < -0.39 is 5.91 Å². The summed E-state index contributed by atoms with van der Waals surface area (Å²) in [7, 11) is 0. The third-order valence-electron chi connectivity index (χ3n) is 3.88. The largest absolute Gasteiger partial charge is 0.361 e. The maximum atomic E-state index is 12.3. The van der Waals surface area contributed by atoms with Crippen LogP contribution in [-0.4, -0.2) is 49.7 Å². The van der Waals surface area contributed by atoms with Gasteiger partial charge in [-0.15, -0.1) is 5.10 Å². The Morgan fingerprint density at radius 2 is 2.00 bits per heavy atom. The molecule has 1 N–H and O–H groups in total. The van der Waals surface area contributed by atoms with Crippen LogP contribution in [-0.2, 0) is 11.3 Å². The summed E-state index contributed by atoms with van der Waals surface area (Å²) in [4.78, 5) is 30.1. The van der Waals surface area contributed by atoms with E-state index in [1.54, 1.807) is 6.92 Å². The Morgan fingerprint density at radius 1 is 1.25 bits per heavy atom. The molecule has 0 spiro atoms. The van der Waals surface area contributed by atoms with Crippen LogP contribution in [0.4, 0.5) is 5.95 Å². The second-order valence-corrected chi connectivity index (χ2v) is 5.84. The second-order valence-electron chi connectivity index (χ2n) is 5.84. The van der Waals surface area contributed by atoms with Crippen LogP contribution in [0.15, 0.2) is 16.9 Å². The van der Waals surface area contributed by atoms with Gasteiger partial charge in [0.05, 0.1) is 0 Å². The molecule has 0 atom stereocenters. The first-order valence-corrected chi connectivity index (χ1v) is 8.04. The minimum Gasteiger partial charge on any atom is -0.361 e. The van der Waals surface area contributed by atoms with Crippen molar-refractivity contribution in [1.29, 1.82) is 0 Å². The van der Waals surface area contributed by atoms with Crippen molar-refractivity contribution in [2.45, 2.75) is 39.2 Å². The molecule has 2 aromatic heterocycles. The number of carbonyl (C=O) groups excluding carboxylic acids is 2. The molecule has 1 fully saturated rings. The highest BCUT2D eigenvalue weighted by Gasteiger charge is 2.17. The summed E-state index contributed by atoms with van der Waals surface area (Å²) in [6, 6.07) is 1.52. The molecule has 3 heterocycles. The summed E-state index contributed by atoms with van der Waals surface area (Å²) in [5.74, 6) is 0.237. The number of nitrogens with zero attached hydrogens (tertiary/aromatic N) is 5. The Kier molecular flexibility index (Phi) is 4.88. The van der Waals surface area contributed by atoms with Crippen molar-refractivity contribution in [3.05, 3.63) is 23.8 Å². The average molecular weight is 332 g/mol. The third-order valence-corrected chi connectivity index (χ3v) is 3.88. The number of hydrogen-bond acceptors (Lipinski definition) is 6. The van der Waals surface area contributed by atoms with Gasteiger partial charge < -0.3 is 9.42 Å². The van der Waals surface area contributed by atoms with Crippen LogP contribution < -0.4 is 5.32 Å². The van der Waals surface area contributed by atoms with Gasteiger partial charge in [-0.1, -0.05) is 18.0 Å². The fourth-order valence-corrected chi connectivity index (χ4v) is 2.63. The lowest BCUT2D eigenvalue weighted by atomic mass is 10.2. The van der Waals surface area contributed by atoms with Crippen LogP contribution in [0, 0.1) is 6.92 Å². The number of aromatic nitrogens is 4. The first-order chi connectivity index (χ1) is 11.6. The van der Waals surface area contributed by atoms with E-state index in [9.17, 15) is 9.59 Å². The zero-order valence-electron chi connectivity index (χ0n) is 13.6. The zero-order chi connectivity index (χ0) is 16.9. The molecule has 0 bridgehead atoms. The normalized spacial score (nSPS) is 15.1. The molecule has 1 saturated heterocycles. The van der Waals surface area contributed by atoms with Gasteiger partial charge in [-0.25, -0.2) is 9.67 Å². The highest BCUT2D eigenvalue weighted by Crippen LogP contribution is 2.10. The van der Waals surface area contributed by atoms with Crippen molar-refractivity contribution in [2.75, 3.05) is 18.4 Å². The Hall–Kier alpha value is -2.71. The number of nitrogens with one attached hydrogen (secondary N) is 1. The highest BCUT2D eigenvalue weighted by atomic mass is 16.5. The van der Waals surface area contributed by atoms with Gasteiger partial charge in [0.25, 0.3) is 5.91 Å². The lowest BCUT2D eigenvalue weighted by Crippen LogP contribution is -2.34. The summed E-state index contributed by atoms with van der Waals surface area (Å²) < 4.78 is 6.28. The Bertz CT molecular complexity index is 714. The standard InChI is InChI=1S/C15H20N6O3/c1-11-8-12(19-24-11)14(23)17-15-16-10-21(18-15)9-13(22)20-6-4-2-3-5-7-20/h8,10H,2-7,9H2,1H3,(H,17,18,23). The van der Waals surface area contributed by atoms with Crippen LogP contribution >= 0.6 is 0 Å². The van der Waals surface area contributed by atoms with Gasteiger partial charge in [-0.3, -0.25) is 14.9 Å². The lowest BCUT2D eigenvalue weighted by Gasteiger charge is -2.19. The third kappa shape index (κ3) is 3.98. The van der Waals surface area contributed by atoms with Gasteiger partial charge in [-0.2, -0.15) is 0 Å². The van der Waals surface area contributed by atoms with E-state index in [0.29, 0.717) is 5.76 Å². The van der Waals surface area contributed by atoms with Crippen molar-refractivity contribution in [2.24, 2.45) is 0 Å². The molecular formula is C15H20N6O3. The quantitative estimate of drug-likeness (QED) is 0.902. The number of anilines is 1. The Morgan fingerprint density at radius 3 is 2.67 bits per heavy atom. The number of aryl methyl sites for hydroxylation is 1. The van der Waals surface area contributed by atoms with Crippen molar-refractivity contribution in [3.63, 3.8) is 0 Å². The average Bonchev–Trinajstić information content (AvgIpc) is 3.08. The lowest BCUT2D eigenvalue weighted by molar-refractivity contribution is -0.132. The highest BCUT2D eigenvalue weighted by molar-refractivity contribution is 6.01. The molecule has 9 heteroatoms. The summed E-state index contributed by atoms with van der Waals surface area (Å²) in [5.41, 5.74) is 0.157. The van der Waals surface area contributed by atoms with Gasteiger partial charge >= 0.3 is 0 Å². The van der Waals surface area contributed by atoms with E-state index in [1.807, 2.05) is 4.90 Å². The molecule has 2 aromatic rings. The molecule has 1 aliphatic heterocycles. The first-order valence-electron chi connectivity index (χ1n) is 8.04. The molecular weight excluding hydrogens is 312 g/mol. The van der Waals surface area contributed by atoms with Crippen molar-refractivity contribution >= 4 is 17.8 Å². The fourth-order valence-electron chi connectivity index (χ4n) is 2.63. The number of rotatable bonds is 4. The summed E-state index contributed by atoms with van der Waals surface area (Å²) in [6.07, 6.45) is 5.86. The molecule has 1 aliphatic rings. The topological polar surface area (TPSA) is 106 Å². The van der Waals surface area contributed by atoms with E-state index in [1.165, 1.54) is 29.9 Å². The van der Waals surface area contributed by atoms with Crippen LogP contribution in [0.5, 0.6) is 0 Å². The summed E-state index contributed by atoms with van der Waals surface area (Å²) in [6.45, 7) is 3.41. The molecule has 0 aromatic carbocycles. The predicted octanol–water partition coefficient (Wildman–Crippen LogP) is 1.23. The Labute approximate surface area is 139 Å². The molecule has 9 nitrogen and oxygen atoms in total. The summed E-state index contributed by atoms with van der Waals surface area (Å²) in [5, 5.41) is 10.3. The van der Waals surface area contributed by atoms with Crippen LogP contribution in [0.2, 0.25) is 0 Å². The minimum absolute atomic E-state index is 0.0202.